The van der Waals surface area contributed by atoms with Crippen LogP contribution in [0.4, 0.5) is 0 Å². The summed E-state index contributed by atoms with van der Waals surface area (Å²) in [7, 11) is 0. The van der Waals surface area contributed by atoms with E-state index in [1.165, 1.54) is 0 Å². The van der Waals surface area contributed by atoms with Crippen molar-refractivity contribution in [3.63, 3.8) is 0 Å². The molecule has 32 heavy (non-hydrogen) atoms. The van der Waals surface area contributed by atoms with Crippen LogP contribution in [0.1, 0.15) is 56.2 Å². The molecule has 2 aliphatic rings. The first-order valence-corrected chi connectivity index (χ1v) is 11.2. The van der Waals surface area contributed by atoms with Crippen LogP contribution in [0.15, 0.2) is 35.1 Å². The summed E-state index contributed by atoms with van der Waals surface area (Å²) in [6.07, 6.45) is 3.38. The average Bonchev–Trinajstić information content (AvgIpc) is 3.16. The minimum atomic E-state index is -1.82. The average molecular weight is 434 g/mol. The predicted molar refractivity (Wildman–Crippen MR) is 120 cm³/mol. The molecule has 4 heterocycles. The number of unbranched alkanes of at least 4 members (excludes halogenated alkanes) is 2. The standard InChI is InChI=1S/C25H26N2O5/c1-3-5-6-10-31-21-9-7-8-19-16(21)11-15-13-27-20(22(15)26-19)12-18-17(23(27)28)14-32-24(29)25(18,30)4-2/h7-9,11-12,30H,3-6,10,13-14H2,1-2H3/t25-/m0/s1. The van der Waals surface area contributed by atoms with Gasteiger partial charge in [-0.1, -0.05) is 32.8 Å². The maximum Gasteiger partial charge on any atom is 0.343 e. The maximum atomic E-state index is 13.3. The molecule has 166 valence electrons. The molecular formula is C25H26N2O5. The lowest BCUT2D eigenvalue weighted by Crippen LogP contribution is -2.44. The molecule has 5 rings (SSSR count). The van der Waals surface area contributed by atoms with Gasteiger partial charge in [0.2, 0.25) is 0 Å². The number of fused-ring (bicyclic) bond motifs is 5. The van der Waals surface area contributed by atoms with Crippen molar-refractivity contribution in [2.45, 2.75) is 58.3 Å². The summed E-state index contributed by atoms with van der Waals surface area (Å²) >= 11 is 0. The van der Waals surface area contributed by atoms with E-state index in [1.807, 2.05) is 24.3 Å². The molecule has 0 fully saturated rings. The summed E-state index contributed by atoms with van der Waals surface area (Å²) in [5.74, 6) is 0.0715. The number of hydrogen-bond acceptors (Lipinski definition) is 6. The Morgan fingerprint density at radius 3 is 2.84 bits per heavy atom. The van der Waals surface area contributed by atoms with Gasteiger partial charge < -0.3 is 19.1 Å². The molecule has 0 bridgehead atoms. The van der Waals surface area contributed by atoms with Crippen LogP contribution in [0.2, 0.25) is 0 Å². The van der Waals surface area contributed by atoms with Gasteiger partial charge in [-0.2, -0.15) is 0 Å². The molecule has 2 aromatic heterocycles. The monoisotopic (exact) mass is 434 g/mol. The Kier molecular flexibility index (Phi) is 5.01. The van der Waals surface area contributed by atoms with Crippen molar-refractivity contribution < 1.29 is 19.4 Å². The third-order valence-corrected chi connectivity index (χ3v) is 6.52. The van der Waals surface area contributed by atoms with Gasteiger partial charge in [0.05, 0.1) is 35.6 Å². The fourth-order valence-corrected chi connectivity index (χ4v) is 4.64. The number of ether oxygens (including phenoxy) is 2. The number of nitrogens with zero attached hydrogens (tertiary/aromatic N) is 2. The van der Waals surface area contributed by atoms with Gasteiger partial charge in [-0.15, -0.1) is 0 Å². The molecule has 7 nitrogen and oxygen atoms in total. The van der Waals surface area contributed by atoms with E-state index in [0.29, 0.717) is 35.7 Å². The molecule has 0 spiro atoms. The summed E-state index contributed by atoms with van der Waals surface area (Å²) < 4.78 is 12.8. The van der Waals surface area contributed by atoms with Gasteiger partial charge in [-0.05, 0) is 37.1 Å². The molecule has 0 aliphatic carbocycles. The van der Waals surface area contributed by atoms with Gasteiger partial charge in [0.15, 0.2) is 5.60 Å². The van der Waals surface area contributed by atoms with Gasteiger partial charge in [-0.3, -0.25) is 4.79 Å². The third-order valence-electron chi connectivity index (χ3n) is 6.52. The van der Waals surface area contributed by atoms with Crippen LogP contribution in [-0.4, -0.2) is 27.2 Å². The number of pyridine rings is 2. The second-order valence-corrected chi connectivity index (χ2v) is 8.48. The Bertz CT molecular complexity index is 1300. The first kappa shape index (κ1) is 20.7. The molecule has 0 saturated carbocycles. The van der Waals surface area contributed by atoms with Crippen LogP contribution in [0, 0.1) is 0 Å². The lowest BCUT2D eigenvalue weighted by atomic mass is 9.86. The van der Waals surface area contributed by atoms with Crippen LogP contribution in [0.3, 0.4) is 0 Å². The molecule has 0 radical (unpaired) electrons. The van der Waals surface area contributed by atoms with Crippen molar-refractivity contribution in [3.05, 3.63) is 57.4 Å². The largest absolute Gasteiger partial charge is 0.493 e. The topological polar surface area (TPSA) is 90.7 Å². The zero-order valence-electron chi connectivity index (χ0n) is 18.3. The van der Waals surface area contributed by atoms with Crippen LogP contribution in [0.25, 0.3) is 22.3 Å². The molecule has 2 aliphatic heterocycles. The van der Waals surface area contributed by atoms with Crippen LogP contribution in [0.5, 0.6) is 5.75 Å². The lowest BCUT2D eigenvalue weighted by molar-refractivity contribution is -0.172. The third kappa shape index (κ3) is 3.03. The van der Waals surface area contributed by atoms with E-state index in [-0.39, 0.29) is 18.6 Å². The minimum Gasteiger partial charge on any atom is -0.493 e. The van der Waals surface area contributed by atoms with Gasteiger partial charge in [0.25, 0.3) is 5.56 Å². The molecule has 1 atom stereocenters. The number of aromatic nitrogens is 2. The Labute approximate surface area is 185 Å². The highest BCUT2D eigenvalue weighted by atomic mass is 16.6. The lowest BCUT2D eigenvalue weighted by Gasteiger charge is -2.31. The molecule has 0 saturated heterocycles. The fourth-order valence-electron chi connectivity index (χ4n) is 4.64. The van der Waals surface area contributed by atoms with Crippen molar-refractivity contribution in [1.29, 1.82) is 0 Å². The molecule has 7 heteroatoms. The minimum absolute atomic E-state index is 0.123. The van der Waals surface area contributed by atoms with Gasteiger partial charge >= 0.3 is 5.97 Å². The summed E-state index contributed by atoms with van der Waals surface area (Å²) in [5.41, 5.74) is 1.58. The highest BCUT2D eigenvalue weighted by molar-refractivity contribution is 5.89. The SMILES string of the molecule is CCCCCOc1cccc2nc3c(cc12)Cn1c-3cc2c(c1=O)COC(=O)[C@]2(O)CC. The maximum absolute atomic E-state index is 13.3. The number of carbonyl (C=O) groups excluding carboxylic acids is 1. The first-order valence-electron chi connectivity index (χ1n) is 11.2. The smallest absolute Gasteiger partial charge is 0.343 e. The van der Waals surface area contributed by atoms with Crippen LogP contribution in [-0.2, 0) is 28.3 Å². The molecule has 0 amide bonds. The number of carbonyl (C=O) groups is 1. The zero-order chi connectivity index (χ0) is 22.5. The quantitative estimate of drug-likeness (QED) is 0.368. The van der Waals surface area contributed by atoms with Crippen molar-refractivity contribution in [3.8, 4) is 17.1 Å². The van der Waals surface area contributed by atoms with E-state index < -0.39 is 11.6 Å². The number of hydrogen-bond donors (Lipinski definition) is 1. The highest BCUT2D eigenvalue weighted by Gasteiger charge is 2.45. The predicted octanol–water partition coefficient (Wildman–Crippen LogP) is 3.65. The van der Waals surface area contributed by atoms with Gasteiger partial charge in [-0.25, -0.2) is 9.78 Å². The van der Waals surface area contributed by atoms with E-state index in [0.717, 1.165) is 41.5 Å². The van der Waals surface area contributed by atoms with E-state index in [4.69, 9.17) is 14.5 Å². The first-order chi connectivity index (χ1) is 15.5. The fraction of sp³-hybridized carbons (Fsp3) is 0.400. The highest BCUT2D eigenvalue weighted by Crippen LogP contribution is 2.39. The van der Waals surface area contributed by atoms with Gasteiger partial charge in [0.1, 0.15) is 12.4 Å². The van der Waals surface area contributed by atoms with Crippen molar-refractivity contribution in [2.75, 3.05) is 6.61 Å². The van der Waals surface area contributed by atoms with Gasteiger partial charge in [0, 0.05) is 16.5 Å². The Hall–Kier alpha value is -3.19. The van der Waals surface area contributed by atoms with Crippen molar-refractivity contribution >= 4 is 16.9 Å². The number of benzene rings is 1. The number of aliphatic hydroxyl groups is 1. The summed E-state index contributed by atoms with van der Waals surface area (Å²) in [4.78, 5) is 30.4. The van der Waals surface area contributed by atoms with E-state index >= 15 is 0 Å². The molecule has 1 N–H and O–H groups in total. The number of cyclic esters (lactones) is 1. The molecular weight excluding hydrogens is 408 g/mol. The summed E-state index contributed by atoms with van der Waals surface area (Å²) in [5, 5.41) is 11.9. The zero-order valence-corrected chi connectivity index (χ0v) is 18.3. The molecule has 1 aromatic carbocycles. The van der Waals surface area contributed by atoms with Crippen LogP contribution >= 0.6 is 0 Å². The number of rotatable bonds is 6. The Morgan fingerprint density at radius 2 is 2.06 bits per heavy atom. The van der Waals surface area contributed by atoms with Crippen molar-refractivity contribution in [2.24, 2.45) is 0 Å². The van der Waals surface area contributed by atoms with E-state index in [2.05, 4.69) is 6.92 Å². The van der Waals surface area contributed by atoms with Crippen LogP contribution < -0.4 is 10.3 Å². The summed E-state index contributed by atoms with van der Waals surface area (Å²) in [6.45, 7) is 4.76. The Balaban J connectivity index is 1.62. The Morgan fingerprint density at radius 1 is 1.22 bits per heavy atom. The van der Waals surface area contributed by atoms with E-state index in [1.54, 1.807) is 17.6 Å². The van der Waals surface area contributed by atoms with Crippen molar-refractivity contribution in [1.82, 2.24) is 9.55 Å². The summed E-state index contributed by atoms with van der Waals surface area (Å²) in [6, 6.07) is 9.55. The van der Waals surface area contributed by atoms with E-state index in [9.17, 15) is 14.7 Å². The second-order valence-electron chi connectivity index (χ2n) is 8.48. The number of esters is 1. The molecule has 0 unspecified atom stereocenters. The normalized spacial score (nSPS) is 18.8. The molecule has 3 aromatic rings. The second kappa shape index (κ2) is 7.74.